The predicted molar refractivity (Wildman–Crippen MR) is 116 cm³/mol. The summed E-state index contributed by atoms with van der Waals surface area (Å²) in [6.45, 7) is 0.764. The lowest BCUT2D eigenvalue weighted by atomic mass is 10.1. The van der Waals surface area contributed by atoms with Gasteiger partial charge in [-0.15, -0.1) is 0 Å². The Morgan fingerprint density at radius 2 is 2.00 bits per heavy atom. The normalized spacial score (nSPS) is 25.3. The van der Waals surface area contributed by atoms with Crippen LogP contribution in [0.2, 0.25) is 5.02 Å². The van der Waals surface area contributed by atoms with Crippen molar-refractivity contribution in [1.29, 1.82) is 0 Å². The van der Waals surface area contributed by atoms with E-state index in [0.717, 1.165) is 18.1 Å². The highest BCUT2D eigenvalue weighted by molar-refractivity contribution is 8.77. The van der Waals surface area contributed by atoms with Gasteiger partial charge in [-0.25, -0.2) is 8.42 Å². The number of hydrogen-bond donors (Lipinski definition) is 0. The third-order valence-electron chi connectivity index (χ3n) is 5.24. The maximum atomic E-state index is 12.7. The van der Waals surface area contributed by atoms with Crippen molar-refractivity contribution in [3.05, 3.63) is 34.9 Å². The lowest BCUT2D eigenvalue weighted by molar-refractivity contribution is -0.131. The molecule has 0 aliphatic carbocycles. The molecule has 3 rings (SSSR count). The number of nitrogens with zero attached hydrogens (tertiary/aromatic N) is 1. The molecular formula is C19H26ClNO3S3. The summed E-state index contributed by atoms with van der Waals surface area (Å²) in [6.07, 6.45) is 5.33. The minimum atomic E-state index is -3.32. The van der Waals surface area contributed by atoms with E-state index in [2.05, 4.69) is 0 Å². The quantitative estimate of drug-likeness (QED) is 0.465. The van der Waals surface area contributed by atoms with E-state index in [1.54, 1.807) is 23.1 Å². The van der Waals surface area contributed by atoms with Gasteiger partial charge in [-0.05, 0) is 37.3 Å². The molecule has 1 amide bonds. The first-order valence-electron chi connectivity index (χ1n) is 9.49. The summed E-state index contributed by atoms with van der Waals surface area (Å²) in [7, 11) is 0.599. The second-order valence-electron chi connectivity index (χ2n) is 7.12. The number of carbonyl (C=O) groups excluding carboxylic acids is 1. The number of carbonyl (C=O) groups is 1. The van der Waals surface area contributed by atoms with Crippen LogP contribution in [0.5, 0.6) is 0 Å². The maximum Gasteiger partial charge on any atom is 0.222 e. The Kier molecular flexibility index (Phi) is 7.83. The van der Waals surface area contributed by atoms with Crippen molar-refractivity contribution in [2.24, 2.45) is 0 Å². The van der Waals surface area contributed by atoms with Crippen molar-refractivity contribution in [1.82, 2.24) is 4.90 Å². The molecule has 1 aromatic rings. The molecule has 2 fully saturated rings. The fourth-order valence-electron chi connectivity index (χ4n) is 3.65. The molecule has 4 nitrogen and oxygen atoms in total. The predicted octanol–water partition coefficient (Wildman–Crippen LogP) is 4.74. The molecule has 0 aromatic heterocycles. The monoisotopic (exact) mass is 447 g/mol. The summed E-state index contributed by atoms with van der Waals surface area (Å²) < 4.78 is 25.5. The lowest BCUT2D eigenvalue weighted by Crippen LogP contribution is -2.33. The highest BCUT2D eigenvalue weighted by atomic mass is 35.5. The standard InChI is InChI=1S/C19H26ClNO3S3/c20-17-7-3-2-6-16(17)18-9-11-21(12-14-27(18,23)24)19(22)8-4-1-5-15-10-13-25-26-15/h2-3,6-7,15,18H,1,4-5,8-14H2. The Balaban J connectivity index is 1.53. The molecule has 2 saturated heterocycles. The molecule has 0 bridgehead atoms. The van der Waals surface area contributed by atoms with Gasteiger partial charge in [0.15, 0.2) is 9.84 Å². The molecular weight excluding hydrogens is 422 g/mol. The van der Waals surface area contributed by atoms with Crippen molar-refractivity contribution < 1.29 is 13.2 Å². The van der Waals surface area contributed by atoms with Gasteiger partial charge in [0, 0.05) is 35.5 Å². The lowest BCUT2D eigenvalue weighted by Gasteiger charge is -2.20. The van der Waals surface area contributed by atoms with E-state index in [1.807, 2.05) is 27.7 Å². The second kappa shape index (κ2) is 9.90. The van der Waals surface area contributed by atoms with Crippen LogP contribution in [0.15, 0.2) is 24.3 Å². The largest absolute Gasteiger partial charge is 0.342 e. The summed E-state index contributed by atoms with van der Waals surface area (Å²) in [5, 5.41) is 0.597. The number of halogens is 1. The Labute approximate surface area is 175 Å². The Morgan fingerprint density at radius 3 is 2.74 bits per heavy atom. The van der Waals surface area contributed by atoms with Crippen LogP contribution in [0.3, 0.4) is 0 Å². The molecule has 2 atom stereocenters. The fourth-order valence-corrected chi connectivity index (χ4v) is 8.83. The summed E-state index contributed by atoms with van der Waals surface area (Å²) in [5.41, 5.74) is 0.653. The first-order valence-corrected chi connectivity index (χ1v) is 14.0. The van der Waals surface area contributed by atoms with E-state index in [1.165, 1.54) is 18.6 Å². The van der Waals surface area contributed by atoms with E-state index in [-0.39, 0.29) is 18.2 Å². The van der Waals surface area contributed by atoms with E-state index in [9.17, 15) is 13.2 Å². The Morgan fingerprint density at radius 1 is 1.19 bits per heavy atom. The number of amides is 1. The molecule has 2 aliphatic heterocycles. The molecule has 2 aliphatic rings. The highest BCUT2D eigenvalue weighted by Crippen LogP contribution is 2.40. The van der Waals surface area contributed by atoms with Gasteiger partial charge in [0.05, 0.1) is 11.0 Å². The maximum absolute atomic E-state index is 12.7. The topological polar surface area (TPSA) is 54.5 Å². The summed E-state index contributed by atoms with van der Waals surface area (Å²) in [5.74, 6) is 1.33. The van der Waals surface area contributed by atoms with Crippen LogP contribution in [0.1, 0.15) is 49.3 Å². The number of hydrogen-bond acceptors (Lipinski definition) is 5. The first-order chi connectivity index (χ1) is 13.0. The van der Waals surface area contributed by atoms with Crippen molar-refractivity contribution >= 4 is 48.9 Å². The number of benzene rings is 1. The van der Waals surface area contributed by atoms with Gasteiger partial charge >= 0.3 is 0 Å². The SMILES string of the molecule is O=C(CCCCC1CCSS1)N1CCC(c2ccccc2Cl)S(=O)(=O)CC1. The summed E-state index contributed by atoms with van der Waals surface area (Å²) >= 11 is 6.23. The van der Waals surface area contributed by atoms with Gasteiger partial charge < -0.3 is 4.90 Å². The van der Waals surface area contributed by atoms with Gasteiger partial charge in [0.1, 0.15) is 0 Å². The van der Waals surface area contributed by atoms with Crippen LogP contribution in [-0.2, 0) is 14.6 Å². The third-order valence-corrected chi connectivity index (χ3v) is 10.7. The average molecular weight is 448 g/mol. The smallest absolute Gasteiger partial charge is 0.222 e. The average Bonchev–Trinajstić information content (AvgIpc) is 3.10. The van der Waals surface area contributed by atoms with E-state index in [4.69, 9.17) is 11.6 Å². The molecule has 8 heteroatoms. The fraction of sp³-hybridized carbons (Fsp3) is 0.632. The molecule has 2 heterocycles. The van der Waals surface area contributed by atoms with Crippen LogP contribution >= 0.6 is 33.2 Å². The van der Waals surface area contributed by atoms with Crippen LogP contribution in [0.25, 0.3) is 0 Å². The first kappa shape index (κ1) is 21.3. The molecule has 0 N–H and O–H groups in total. The van der Waals surface area contributed by atoms with E-state index in [0.29, 0.717) is 30.0 Å². The Bertz CT molecular complexity index is 750. The zero-order valence-electron chi connectivity index (χ0n) is 15.3. The minimum absolute atomic E-state index is 0.00453. The van der Waals surface area contributed by atoms with Gasteiger partial charge in [-0.1, -0.05) is 57.8 Å². The van der Waals surface area contributed by atoms with Crippen LogP contribution in [0, 0.1) is 0 Å². The number of rotatable bonds is 6. The molecule has 0 spiro atoms. The number of sulfone groups is 1. The number of unbranched alkanes of at least 4 members (excludes halogenated alkanes) is 1. The van der Waals surface area contributed by atoms with Crippen molar-refractivity contribution in [3.63, 3.8) is 0 Å². The van der Waals surface area contributed by atoms with Crippen molar-refractivity contribution in [3.8, 4) is 0 Å². The molecule has 1 aromatic carbocycles. The van der Waals surface area contributed by atoms with Crippen LogP contribution in [0.4, 0.5) is 0 Å². The van der Waals surface area contributed by atoms with Crippen molar-refractivity contribution in [2.75, 3.05) is 24.6 Å². The van der Waals surface area contributed by atoms with Crippen LogP contribution in [-0.4, -0.2) is 49.1 Å². The summed E-state index contributed by atoms with van der Waals surface area (Å²) in [4.78, 5) is 14.3. The van der Waals surface area contributed by atoms with Gasteiger partial charge in [-0.3, -0.25) is 4.79 Å². The zero-order chi connectivity index (χ0) is 19.3. The van der Waals surface area contributed by atoms with Gasteiger partial charge in [0.2, 0.25) is 5.91 Å². The van der Waals surface area contributed by atoms with Gasteiger partial charge in [0.25, 0.3) is 0 Å². The molecule has 2 unspecified atom stereocenters. The van der Waals surface area contributed by atoms with E-state index < -0.39 is 15.1 Å². The molecule has 27 heavy (non-hydrogen) atoms. The highest BCUT2D eigenvalue weighted by Gasteiger charge is 2.33. The van der Waals surface area contributed by atoms with Crippen molar-refractivity contribution in [2.45, 2.75) is 49.0 Å². The van der Waals surface area contributed by atoms with Gasteiger partial charge in [-0.2, -0.15) is 0 Å². The van der Waals surface area contributed by atoms with E-state index >= 15 is 0 Å². The third kappa shape index (κ3) is 5.81. The second-order valence-corrected chi connectivity index (χ2v) is 12.6. The molecule has 150 valence electrons. The zero-order valence-corrected chi connectivity index (χ0v) is 18.5. The minimum Gasteiger partial charge on any atom is -0.342 e. The summed E-state index contributed by atoms with van der Waals surface area (Å²) in [6, 6.07) is 7.11. The molecule has 0 saturated carbocycles. The van der Waals surface area contributed by atoms with Crippen LogP contribution < -0.4 is 0 Å². The Hall–Kier alpha value is -0.370. The molecule has 0 radical (unpaired) electrons.